The van der Waals surface area contributed by atoms with Crippen molar-refractivity contribution in [1.82, 2.24) is 0 Å². The Balaban J connectivity index is 1.64. The third kappa shape index (κ3) is 1.86. The number of hydrogen-bond acceptors (Lipinski definition) is 3. The lowest BCUT2D eigenvalue weighted by molar-refractivity contribution is 0.0483. The topological polar surface area (TPSA) is 30.8 Å². The maximum atomic E-state index is 6.04. The van der Waals surface area contributed by atoms with Crippen LogP contribution in [-0.4, -0.2) is 12.3 Å². The Labute approximate surface area is 134 Å². The molecule has 0 aliphatic carbocycles. The highest BCUT2D eigenvalue weighted by molar-refractivity contribution is 6.15. The second kappa shape index (κ2) is 4.85. The molecule has 3 heteroatoms. The zero-order chi connectivity index (χ0) is 15.2. The first kappa shape index (κ1) is 12.7. The summed E-state index contributed by atoms with van der Waals surface area (Å²) in [5.41, 5.74) is 3.23. The highest BCUT2D eigenvalue weighted by atomic mass is 16.6. The number of oxime groups is 1. The van der Waals surface area contributed by atoms with Crippen LogP contribution in [0.4, 0.5) is 0 Å². The van der Waals surface area contributed by atoms with E-state index in [0.717, 1.165) is 22.6 Å². The molecule has 3 aromatic rings. The summed E-state index contributed by atoms with van der Waals surface area (Å²) < 4.78 is 6.04. The Morgan fingerprint density at radius 2 is 1.70 bits per heavy atom. The van der Waals surface area contributed by atoms with Crippen molar-refractivity contribution in [1.29, 1.82) is 0 Å². The Morgan fingerprint density at radius 1 is 0.870 bits per heavy atom. The van der Waals surface area contributed by atoms with Crippen molar-refractivity contribution in [2.75, 3.05) is 6.61 Å². The van der Waals surface area contributed by atoms with E-state index in [2.05, 4.69) is 47.6 Å². The van der Waals surface area contributed by atoms with Gasteiger partial charge in [-0.15, -0.1) is 0 Å². The van der Waals surface area contributed by atoms with Crippen LogP contribution in [0, 0.1) is 5.92 Å². The van der Waals surface area contributed by atoms with Crippen molar-refractivity contribution in [3.05, 3.63) is 77.9 Å². The van der Waals surface area contributed by atoms with Crippen molar-refractivity contribution < 1.29 is 9.57 Å². The van der Waals surface area contributed by atoms with Gasteiger partial charge in [-0.2, -0.15) is 0 Å². The number of rotatable bonds is 1. The van der Waals surface area contributed by atoms with Gasteiger partial charge in [-0.05, 0) is 22.4 Å². The molecular weight excluding hydrogens is 286 g/mol. The zero-order valence-corrected chi connectivity index (χ0v) is 12.5. The Kier molecular flexibility index (Phi) is 2.68. The molecule has 5 rings (SSSR count). The predicted molar refractivity (Wildman–Crippen MR) is 89.7 cm³/mol. The molecule has 2 aliphatic heterocycles. The predicted octanol–water partition coefficient (Wildman–Crippen LogP) is 4.32. The van der Waals surface area contributed by atoms with Crippen molar-refractivity contribution in [2.24, 2.45) is 11.1 Å². The Hall–Kier alpha value is -2.81. The van der Waals surface area contributed by atoms with Gasteiger partial charge in [0.05, 0.1) is 5.92 Å². The minimum absolute atomic E-state index is 0.0710. The fourth-order valence-corrected chi connectivity index (χ4v) is 3.55. The molecule has 3 nitrogen and oxygen atoms in total. The fraction of sp³-hybridized carbons (Fsp3) is 0.150. The standard InChI is InChI=1S/C20H15NO2/c1-2-7-14(8-3-1)20-16-12-22-17-11-10-13-6-4-5-9-15(13)18(17)19(16)21-23-20/h1-11,16,20H,12H2. The van der Waals surface area contributed by atoms with Crippen molar-refractivity contribution >= 4 is 16.5 Å². The van der Waals surface area contributed by atoms with Gasteiger partial charge in [-0.25, -0.2) is 0 Å². The molecule has 2 unspecified atom stereocenters. The number of benzene rings is 3. The maximum absolute atomic E-state index is 6.04. The molecule has 0 radical (unpaired) electrons. The van der Waals surface area contributed by atoms with Crippen molar-refractivity contribution in [3.8, 4) is 5.75 Å². The van der Waals surface area contributed by atoms with Gasteiger partial charge in [0.1, 0.15) is 18.1 Å². The van der Waals surface area contributed by atoms with Crippen molar-refractivity contribution in [2.45, 2.75) is 6.10 Å². The molecule has 2 aliphatic rings. The summed E-state index contributed by atoms with van der Waals surface area (Å²) in [5.74, 6) is 1.03. The van der Waals surface area contributed by atoms with Crippen LogP contribution in [0.15, 0.2) is 71.9 Å². The third-order valence-electron chi connectivity index (χ3n) is 4.67. The molecule has 2 heterocycles. The smallest absolute Gasteiger partial charge is 0.164 e. The highest BCUT2D eigenvalue weighted by Gasteiger charge is 2.41. The van der Waals surface area contributed by atoms with E-state index >= 15 is 0 Å². The Morgan fingerprint density at radius 3 is 2.61 bits per heavy atom. The SMILES string of the molecule is c1ccc(C2ON=C3c4c(ccc5ccccc45)OCC32)cc1. The van der Waals surface area contributed by atoms with Gasteiger partial charge in [0.15, 0.2) is 6.10 Å². The van der Waals surface area contributed by atoms with E-state index in [1.54, 1.807) is 0 Å². The maximum Gasteiger partial charge on any atom is 0.164 e. The lowest BCUT2D eigenvalue weighted by atomic mass is 9.85. The van der Waals surface area contributed by atoms with Crippen molar-refractivity contribution in [3.63, 3.8) is 0 Å². The molecule has 0 saturated carbocycles. The third-order valence-corrected chi connectivity index (χ3v) is 4.67. The second-order valence-corrected chi connectivity index (χ2v) is 5.99. The summed E-state index contributed by atoms with van der Waals surface area (Å²) in [6, 6.07) is 22.7. The summed E-state index contributed by atoms with van der Waals surface area (Å²) in [6.45, 7) is 0.601. The van der Waals surface area contributed by atoms with Crippen LogP contribution in [-0.2, 0) is 4.84 Å². The van der Waals surface area contributed by atoms with Crippen LogP contribution in [0.25, 0.3) is 10.8 Å². The van der Waals surface area contributed by atoms with E-state index in [1.165, 1.54) is 10.8 Å². The average Bonchev–Trinajstić information content (AvgIpc) is 3.06. The van der Waals surface area contributed by atoms with E-state index < -0.39 is 0 Å². The zero-order valence-electron chi connectivity index (χ0n) is 12.5. The van der Waals surface area contributed by atoms with Gasteiger partial charge in [0, 0.05) is 5.56 Å². The lowest BCUT2D eigenvalue weighted by Gasteiger charge is -2.26. The molecule has 112 valence electrons. The first-order chi connectivity index (χ1) is 11.4. The van der Waals surface area contributed by atoms with E-state index in [4.69, 9.17) is 9.57 Å². The minimum atomic E-state index is -0.0710. The van der Waals surface area contributed by atoms with Gasteiger partial charge >= 0.3 is 0 Å². The van der Waals surface area contributed by atoms with Crippen LogP contribution in [0.2, 0.25) is 0 Å². The molecule has 0 spiro atoms. The van der Waals surface area contributed by atoms with Crippen LogP contribution < -0.4 is 4.74 Å². The van der Waals surface area contributed by atoms with Gasteiger partial charge in [0.2, 0.25) is 0 Å². The molecule has 23 heavy (non-hydrogen) atoms. The average molecular weight is 301 g/mol. The molecule has 0 N–H and O–H groups in total. The summed E-state index contributed by atoms with van der Waals surface area (Å²) in [6.07, 6.45) is -0.0710. The molecule has 3 aromatic carbocycles. The van der Waals surface area contributed by atoms with Crippen LogP contribution in [0.5, 0.6) is 5.75 Å². The summed E-state index contributed by atoms with van der Waals surface area (Å²) in [4.78, 5) is 5.80. The minimum Gasteiger partial charge on any atom is -0.492 e. The molecule has 0 bridgehead atoms. The number of nitrogens with zero attached hydrogens (tertiary/aromatic N) is 1. The number of ether oxygens (including phenoxy) is 1. The lowest BCUT2D eigenvalue weighted by Crippen LogP contribution is -2.29. The largest absolute Gasteiger partial charge is 0.492 e. The van der Waals surface area contributed by atoms with Gasteiger partial charge in [-0.1, -0.05) is 65.8 Å². The highest BCUT2D eigenvalue weighted by Crippen LogP contribution is 2.42. The van der Waals surface area contributed by atoms with E-state index in [1.807, 2.05) is 24.3 Å². The van der Waals surface area contributed by atoms with E-state index in [-0.39, 0.29) is 12.0 Å². The molecule has 0 saturated heterocycles. The molecular formula is C20H15NO2. The van der Waals surface area contributed by atoms with Crippen LogP contribution in [0.3, 0.4) is 0 Å². The fourth-order valence-electron chi connectivity index (χ4n) is 3.55. The van der Waals surface area contributed by atoms with Gasteiger partial charge in [-0.3, -0.25) is 0 Å². The first-order valence-corrected chi connectivity index (χ1v) is 7.85. The summed E-state index contributed by atoms with van der Waals surface area (Å²) in [5, 5.41) is 6.81. The molecule has 0 fully saturated rings. The van der Waals surface area contributed by atoms with Crippen LogP contribution >= 0.6 is 0 Å². The molecule has 0 aromatic heterocycles. The van der Waals surface area contributed by atoms with E-state index in [9.17, 15) is 0 Å². The second-order valence-electron chi connectivity index (χ2n) is 5.99. The Bertz CT molecular complexity index is 917. The summed E-state index contributed by atoms with van der Waals surface area (Å²) >= 11 is 0. The molecule has 0 amide bonds. The first-order valence-electron chi connectivity index (χ1n) is 7.85. The van der Waals surface area contributed by atoms with E-state index in [0.29, 0.717) is 6.61 Å². The monoisotopic (exact) mass is 301 g/mol. The van der Waals surface area contributed by atoms with Gasteiger partial charge < -0.3 is 9.57 Å². The van der Waals surface area contributed by atoms with Gasteiger partial charge in [0.25, 0.3) is 0 Å². The number of fused-ring (bicyclic) bond motifs is 5. The summed E-state index contributed by atoms with van der Waals surface area (Å²) in [7, 11) is 0. The number of hydrogen-bond donors (Lipinski definition) is 0. The van der Waals surface area contributed by atoms with Crippen LogP contribution in [0.1, 0.15) is 17.2 Å². The molecule has 2 atom stereocenters. The normalized spacial score (nSPS) is 21.8. The quantitative estimate of drug-likeness (QED) is 0.670.